The number of thiazole rings is 1. The molecule has 0 bridgehead atoms. The smallest absolute Gasteiger partial charge is 0.375 e. The lowest BCUT2D eigenvalue weighted by atomic mass is 9.96. The Hall–Kier alpha value is -1.01. The normalized spacial score (nSPS) is 12.6. The summed E-state index contributed by atoms with van der Waals surface area (Å²) in [6, 6.07) is 1.22. The first-order valence-electron chi connectivity index (χ1n) is 5.17. The minimum atomic E-state index is -4.48. The van der Waals surface area contributed by atoms with Crippen LogP contribution in [0.5, 0.6) is 0 Å². The van der Waals surface area contributed by atoms with Crippen molar-refractivity contribution in [3.05, 3.63) is 22.2 Å². The van der Waals surface area contributed by atoms with Crippen LogP contribution in [-0.4, -0.2) is 4.98 Å². The summed E-state index contributed by atoms with van der Waals surface area (Å²) in [4.78, 5) is 3.98. The molecule has 98 valence electrons. The first kappa shape index (κ1) is 13.4. The first-order valence-corrected chi connectivity index (χ1v) is 6.37. The van der Waals surface area contributed by atoms with Gasteiger partial charge >= 0.3 is 6.18 Å². The Kier molecular flexibility index (Phi) is 3.19. The zero-order chi connectivity index (χ0) is 13.7. The summed E-state index contributed by atoms with van der Waals surface area (Å²) >= 11 is 6.80. The molecule has 0 unspecified atom stereocenters. The molecule has 0 fully saturated rings. The molecule has 7 heteroatoms. The van der Waals surface area contributed by atoms with Gasteiger partial charge in [0.2, 0.25) is 0 Å². The Morgan fingerprint density at radius 2 is 2.00 bits per heavy atom. The Morgan fingerprint density at radius 3 is 2.50 bits per heavy atom. The lowest BCUT2D eigenvalue weighted by molar-refractivity contribution is -0.138. The van der Waals surface area contributed by atoms with Crippen LogP contribution in [0.3, 0.4) is 0 Å². The van der Waals surface area contributed by atoms with E-state index in [-0.39, 0.29) is 21.6 Å². The number of anilines is 1. The van der Waals surface area contributed by atoms with Crippen molar-refractivity contribution in [1.29, 1.82) is 0 Å². The van der Waals surface area contributed by atoms with E-state index in [0.29, 0.717) is 10.2 Å². The van der Waals surface area contributed by atoms with E-state index >= 15 is 0 Å². The largest absolute Gasteiger partial charge is 0.418 e. The number of nitrogens with zero attached hydrogens (tertiary/aromatic N) is 1. The molecule has 0 radical (unpaired) electrons. The molecule has 0 saturated carbocycles. The second-order valence-electron chi connectivity index (χ2n) is 4.20. The molecule has 1 heterocycles. The number of benzene rings is 1. The molecule has 0 aliphatic heterocycles. The molecular weight excluding hydrogens is 285 g/mol. The molecule has 2 aromatic rings. The quantitative estimate of drug-likeness (QED) is 0.830. The second kappa shape index (κ2) is 4.28. The van der Waals surface area contributed by atoms with Crippen molar-refractivity contribution < 1.29 is 13.2 Å². The summed E-state index contributed by atoms with van der Waals surface area (Å²) in [7, 11) is 0. The van der Waals surface area contributed by atoms with Crippen molar-refractivity contribution in [3.8, 4) is 0 Å². The van der Waals surface area contributed by atoms with Gasteiger partial charge < -0.3 is 5.73 Å². The Bertz CT molecular complexity index is 604. The highest BCUT2D eigenvalue weighted by Crippen LogP contribution is 2.45. The fraction of sp³-hybridized carbons (Fsp3) is 0.364. The third-order valence-electron chi connectivity index (χ3n) is 2.55. The Balaban J connectivity index is 2.92. The van der Waals surface area contributed by atoms with E-state index in [9.17, 15) is 13.2 Å². The highest BCUT2D eigenvalue weighted by Gasteiger charge is 2.38. The number of halogens is 4. The lowest BCUT2D eigenvalue weighted by Gasteiger charge is -2.17. The lowest BCUT2D eigenvalue weighted by Crippen LogP contribution is -2.11. The zero-order valence-corrected chi connectivity index (χ0v) is 11.2. The average Bonchev–Trinajstić information content (AvgIpc) is 2.53. The summed E-state index contributed by atoms with van der Waals surface area (Å²) in [5.74, 6) is -0.317. The second-order valence-corrected chi connectivity index (χ2v) is 5.64. The van der Waals surface area contributed by atoms with Crippen molar-refractivity contribution >= 4 is 38.3 Å². The van der Waals surface area contributed by atoms with Crippen molar-refractivity contribution in [3.63, 3.8) is 0 Å². The molecule has 18 heavy (non-hydrogen) atoms. The Labute approximate surface area is 111 Å². The summed E-state index contributed by atoms with van der Waals surface area (Å²) in [6.07, 6.45) is -4.48. The number of hydrogen-bond donors (Lipinski definition) is 1. The monoisotopic (exact) mass is 294 g/mol. The van der Waals surface area contributed by atoms with Crippen LogP contribution < -0.4 is 5.73 Å². The molecule has 0 aliphatic rings. The zero-order valence-electron chi connectivity index (χ0n) is 9.60. The number of nitrogens with two attached hydrogens (primary N) is 1. The predicted molar refractivity (Wildman–Crippen MR) is 68.1 cm³/mol. The molecular formula is C11H10ClF3N2S. The van der Waals surface area contributed by atoms with Gasteiger partial charge in [0.1, 0.15) is 0 Å². The molecule has 0 spiro atoms. The number of hydrogen-bond acceptors (Lipinski definition) is 3. The summed E-state index contributed by atoms with van der Waals surface area (Å²) < 4.78 is 39.7. The van der Waals surface area contributed by atoms with Crippen molar-refractivity contribution in [1.82, 2.24) is 4.98 Å². The minimum absolute atomic E-state index is 0.166. The fourth-order valence-corrected chi connectivity index (χ4v) is 3.24. The number of nitrogen functional groups attached to an aromatic ring is 1. The van der Waals surface area contributed by atoms with E-state index in [2.05, 4.69) is 4.98 Å². The summed E-state index contributed by atoms with van der Waals surface area (Å²) in [6.45, 7) is 3.38. The van der Waals surface area contributed by atoms with E-state index < -0.39 is 11.7 Å². The minimum Gasteiger partial charge on any atom is -0.375 e. The fourth-order valence-electron chi connectivity index (χ4n) is 1.91. The summed E-state index contributed by atoms with van der Waals surface area (Å²) in [5.41, 5.74) is 5.35. The van der Waals surface area contributed by atoms with Crippen molar-refractivity contribution in [2.75, 3.05) is 5.73 Å². The van der Waals surface area contributed by atoms with Crippen molar-refractivity contribution in [2.45, 2.75) is 25.9 Å². The molecule has 2 N–H and O–H groups in total. The van der Waals surface area contributed by atoms with Gasteiger partial charge in [-0.1, -0.05) is 36.8 Å². The molecule has 1 aromatic carbocycles. The van der Waals surface area contributed by atoms with Gasteiger partial charge in [-0.15, -0.1) is 0 Å². The average molecular weight is 295 g/mol. The highest BCUT2D eigenvalue weighted by molar-refractivity contribution is 7.22. The van der Waals surface area contributed by atoms with Gasteiger partial charge in [0.15, 0.2) is 5.13 Å². The van der Waals surface area contributed by atoms with Crippen LogP contribution >= 0.6 is 22.9 Å². The maximum absolute atomic E-state index is 13.1. The molecule has 2 nitrogen and oxygen atoms in total. The van der Waals surface area contributed by atoms with Crippen LogP contribution in [0.1, 0.15) is 30.9 Å². The molecule has 0 saturated heterocycles. The van der Waals surface area contributed by atoms with Crippen molar-refractivity contribution in [2.24, 2.45) is 0 Å². The van der Waals surface area contributed by atoms with E-state index in [1.54, 1.807) is 13.8 Å². The molecule has 0 atom stereocenters. The van der Waals surface area contributed by atoms with E-state index in [1.807, 2.05) is 0 Å². The van der Waals surface area contributed by atoms with Crippen LogP contribution in [0.2, 0.25) is 5.02 Å². The van der Waals surface area contributed by atoms with Gasteiger partial charge in [-0.2, -0.15) is 13.2 Å². The van der Waals surface area contributed by atoms with Gasteiger partial charge in [0, 0.05) is 0 Å². The molecule has 0 amide bonds. The van der Waals surface area contributed by atoms with Gasteiger partial charge in [0.05, 0.1) is 20.8 Å². The first-order chi connectivity index (χ1) is 8.21. The number of aromatic nitrogens is 1. The number of fused-ring (bicyclic) bond motifs is 1. The van der Waals surface area contributed by atoms with Crippen LogP contribution in [0.4, 0.5) is 18.3 Å². The predicted octanol–water partition coefficient (Wildman–Crippen LogP) is 4.67. The van der Waals surface area contributed by atoms with Crippen LogP contribution in [0.15, 0.2) is 6.07 Å². The highest BCUT2D eigenvalue weighted by atomic mass is 35.5. The van der Waals surface area contributed by atoms with Gasteiger partial charge in [-0.05, 0) is 17.5 Å². The summed E-state index contributed by atoms with van der Waals surface area (Å²) in [5, 5.41) is -0.0914. The Morgan fingerprint density at radius 1 is 1.39 bits per heavy atom. The standard InChI is InChI=1S/C11H10ClF3N2S/c1-4(2)7-8(11(13,14)15)5(12)3-6-9(7)18-10(16)17-6/h3-4H,1-2H3,(H2,16,17). The molecule has 0 aliphatic carbocycles. The SMILES string of the molecule is CC(C)c1c(C(F)(F)F)c(Cl)cc2nc(N)sc12. The maximum Gasteiger partial charge on any atom is 0.418 e. The number of rotatable bonds is 1. The van der Waals surface area contributed by atoms with Crippen LogP contribution in [-0.2, 0) is 6.18 Å². The molecule has 2 rings (SSSR count). The van der Waals surface area contributed by atoms with Crippen LogP contribution in [0.25, 0.3) is 10.2 Å². The van der Waals surface area contributed by atoms with E-state index in [4.69, 9.17) is 17.3 Å². The molecule has 1 aromatic heterocycles. The van der Waals surface area contributed by atoms with Gasteiger partial charge in [-0.25, -0.2) is 4.98 Å². The van der Waals surface area contributed by atoms with Gasteiger partial charge in [-0.3, -0.25) is 0 Å². The van der Waals surface area contributed by atoms with E-state index in [0.717, 1.165) is 11.3 Å². The number of alkyl halides is 3. The third kappa shape index (κ3) is 2.14. The topological polar surface area (TPSA) is 38.9 Å². The maximum atomic E-state index is 13.1. The third-order valence-corrected chi connectivity index (χ3v) is 3.78. The van der Waals surface area contributed by atoms with Gasteiger partial charge in [0.25, 0.3) is 0 Å². The van der Waals surface area contributed by atoms with Crippen LogP contribution in [0, 0.1) is 0 Å². The van der Waals surface area contributed by atoms with E-state index in [1.165, 1.54) is 6.07 Å².